The Bertz CT molecular complexity index is 616. The maximum atomic E-state index is 10.8. The summed E-state index contributed by atoms with van der Waals surface area (Å²) in [5.41, 5.74) is 1.39. The molecule has 0 heterocycles. The van der Waals surface area contributed by atoms with E-state index < -0.39 is 4.92 Å². The van der Waals surface area contributed by atoms with Crippen LogP contribution in [0, 0.1) is 10.1 Å². The van der Waals surface area contributed by atoms with Gasteiger partial charge in [0, 0.05) is 21.7 Å². The fourth-order valence-electron chi connectivity index (χ4n) is 1.70. The predicted octanol–water partition coefficient (Wildman–Crippen LogP) is 4.03. The van der Waals surface area contributed by atoms with Crippen molar-refractivity contribution in [2.75, 3.05) is 0 Å². The minimum atomic E-state index is -0.487. The Morgan fingerprint density at radius 3 is 2.50 bits per heavy atom. The van der Waals surface area contributed by atoms with Crippen LogP contribution in [0.3, 0.4) is 0 Å². The number of rotatable bonds is 5. The monoisotopic (exact) mass is 309 g/mol. The van der Waals surface area contributed by atoms with Crippen LogP contribution >= 0.6 is 23.4 Å². The van der Waals surface area contributed by atoms with Crippen LogP contribution in [0.2, 0.25) is 5.02 Å². The molecule has 0 aliphatic carbocycles. The molecule has 0 unspecified atom stereocenters. The molecule has 104 valence electrons. The molecule has 20 heavy (non-hydrogen) atoms. The number of nitro groups is 1. The molecule has 0 atom stereocenters. The van der Waals surface area contributed by atoms with E-state index in [9.17, 15) is 15.2 Å². The fraction of sp³-hybridized carbons (Fsp3) is 0.143. The number of hydrogen-bond donors (Lipinski definition) is 1. The maximum absolute atomic E-state index is 10.8. The predicted molar refractivity (Wildman–Crippen MR) is 80.0 cm³/mol. The Morgan fingerprint density at radius 2 is 1.90 bits per heavy atom. The van der Waals surface area contributed by atoms with Crippen molar-refractivity contribution in [2.45, 2.75) is 17.3 Å². The molecule has 6 heteroatoms. The highest BCUT2D eigenvalue weighted by atomic mass is 35.5. The lowest BCUT2D eigenvalue weighted by atomic mass is 10.2. The summed E-state index contributed by atoms with van der Waals surface area (Å²) in [5, 5.41) is 20.6. The van der Waals surface area contributed by atoms with Crippen LogP contribution in [0.15, 0.2) is 47.4 Å². The molecule has 2 rings (SSSR count). The van der Waals surface area contributed by atoms with Gasteiger partial charge in [-0.1, -0.05) is 23.7 Å². The summed E-state index contributed by atoms with van der Waals surface area (Å²) in [6, 6.07) is 12.3. The molecule has 0 saturated carbocycles. The van der Waals surface area contributed by atoms with Gasteiger partial charge in [0.1, 0.15) is 0 Å². The average molecular weight is 310 g/mol. The number of halogens is 1. The number of thioether (sulfide) groups is 1. The number of hydrogen-bond acceptors (Lipinski definition) is 4. The first-order valence-corrected chi connectivity index (χ1v) is 7.22. The molecule has 4 nitrogen and oxygen atoms in total. The highest BCUT2D eigenvalue weighted by Crippen LogP contribution is 2.28. The van der Waals surface area contributed by atoms with Gasteiger partial charge in [-0.05, 0) is 29.8 Å². The highest BCUT2D eigenvalue weighted by Gasteiger charge is 2.13. The van der Waals surface area contributed by atoms with Crippen molar-refractivity contribution in [1.29, 1.82) is 0 Å². The summed E-state index contributed by atoms with van der Waals surface area (Å²) < 4.78 is 0. The molecule has 0 bridgehead atoms. The highest BCUT2D eigenvalue weighted by molar-refractivity contribution is 7.98. The zero-order valence-electron chi connectivity index (χ0n) is 10.5. The van der Waals surface area contributed by atoms with Crippen LogP contribution in [0.1, 0.15) is 11.1 Å². The summed E-state index contributed by atoms with van der Waals surface area (Å²) in [6.45, 7) is -0.342. The van der Waals surface area contributed by atoms with Gasteiger partial charge >= 0.3 is 0 Å². The van der Waals surface area contributed by atoms with E-state index in [-0.39, 0.29) is 12.3 Å². The normalized spacial score (nSPS) is 10.5. The summed E-state index contributed by atoms with van der Waals surface area (Å²) in [5.74, 6) is 0.736. The lowest BCUT2D eigenvalue weighted by Gasteiger charge is -2.05. The molecule has 0 aromatic heterocycles. The minimum Gasteiger partial charge on any atom is -0.391 e. The van der Waals surface area contributed by atoms with Crippen LogP contribution < -0.4 is 0 Å². The molecule has 0 fully saturated rings. The van der Waals surface area contributed by atoms with Gasteiger partial charge in [0.2, 0.25) is 0 Å². The number of nitrogens with zero attached hydrogens (tertiary/aromatic N) is 1. The van der Waals surface area contributed by atoms with Crippen molar-refractivity contribution in [3.8, 4) is 0 Å². The Balaban J connectivity index is 2.10. The van der Waals surface area contributed by atoms with Crippen molar-refractivity contribution < 1.29 is 10.0 Å². The van der Waals surface area contributed by atoms with E-state index in [4.69, 9.17) is 11.6 Å². The van der Waals surface area contributed by atoms with Crippen LogP contribution in [0.25, 0.3) is 0 Å². The topological polar surface area (TPSA) is 63.4 Å². The first kappa shape index (κ1) is 14.8. The minimum absolute atomic E-state index is 0.0525. The van der Waals surface area contributed by atoms with E-state index in [1.165, 1.54) is 6.07 Å². The Hall–Kier alpha value is -1.56. The molecule has 0 saturated heterocycles. The van der Waals surface area contributed by atoms with Gasteiger partial charge in [0.25, 0.3) is 5.69 Å². The third-order valence-electron chi connectivity index (χ3n) is 2.74. The first-order chi connectivity index (χ1) is 9.60. The lowest BCUT2D eigenvalue weighted by Crippen LogP contribution is -1.95. The molecule has 0 aliphatic heterocycles. The van der Waals surface area contributed by atoms with E-state index in [1.807, 2.05) is 24.3 Å². The molecular formula is C14H12ClNO3S. The van der Waals surface area contributed by atoms with Gasteiger partial charge in [0.05, 0.1) is 17.1 Å². The Morgan fingerprint density at radius 1 is 1.20 bits per heavy atom. The van der Waals surface area contributed by atoms with Gasteiger partial charge in [-0.15, -0.1) is 11.8 Å². The molecule has 2 aromatic carbocycles. The zero-order valence-corrected chi connectivity index (χ0v) is 12.0. The zero-order chi connectivity index (χ0) is 14.5. The summed E-state index contributed by atoms with van der Waals surface area (Å²) in [6.07, 6.45) is 0. The van der Waals surface area contributed by atoms with Crippen molar-refractivity contribution in [3.63, 3.8) is 0 Å². The van der Waals surface area contributed by atoms with Gasteiger partial charge in [-0.25, -0.2) is 0 Å². The molecule has 2 aromatic rings. The second-order valence-electron chi connectivity index (χ2n) is 4.12. The smallest absolute Gasteiger partial charge is 0.274 e. The molecule has 0 aliphatic rings. The van der Waals surface area contributed by atoms with Crippen LogP contribution in [-0.4, -0.2) is 10.0 Å². The van der Waals surface area contributed by atoms with E-state index in [0.717, 1.165) is 16.2 Å². The largest absolute Gasteiger partial charge is 0.391 e. The summed E-state index contributed by atoms with van der Waals surface area (Å²) in [4.78, 5) is 11.2. The third kappa shape index (κ3) is 3.72. The molecule has 0 radical (unpaired) electrons. The number of benzene rings is 2. The van der Waals surface area contributed by atoms with Crippen molar-refractivity contribution in [3.05, 3.63) is 68.7 Å². The standard InChI is InChI=1S/C14H12ClNO3S/c15-12-3-1-10(2-4-12)9-20-13-5-6-14(16(18)19)11(7-13)8-17/h1-7,17H,8-9H2. The lowest BCUT2D eigenvalue weighted by molar-refractivity contribution is -0.385. The molecule has 0 spiro atoms. The van der Waals surface area contributed by atoms with Crippen LogP contribution in [0.5, 0.6) is 0 Å². The Kier molecular flexibility index (Phi) is 5.00. The second kappa shape index (κ2) is 6.74. The fourth-order valence-corrected chi connectivity index (χ4v) is 2.75. The Labute approximate surface area is 125 Å². The van der Waals surface area contributed by atoms with Crippen molar-refractivity contribution in [1.82, 2.24) is 0 Å². The van der Waals surface area contributed by atoms with E-state index in [2.05, 4.69) is 0 Å². The van der Waals surface area contributed by atoms with Crippen LogP contribution in [0.4, 0.5) is 5.69 Å². The van der Waals surface area contributed by atoms with E-state index >= 15 is 0 Å². The van der Waals surface area contributed by atoms with Gasteiger partial charge < -0.3 is 5.11 Å². The molecule has 0 amide bonds. The van der Waals surface area contributed by atoms with Gasteiger partial charge in [0.15, 0.2) is 0 Å². The van der Waals surface area contributed by atoms with Crippen molar-refractivity contribution in [2.24, 2.45) is 0 Å². The third-order valence-corrected chi connectivity index (χ3v) is 4.05. The number of nitro benzene ring substituents is 1. The maximum Gasteiger partial charge on any atom is 0.274 e. The first-order valence-electron chi connectivity index (χ1n) is 5.85. The number of aliphatic hydroxyl groups excluding tert-OH is 1. The van der Waals surface area contributed by atoms with Gasteiger partial charge in [-0.2, -0.15) is 0 Å². The molecular weight excluding hydrogens is 298 g/mol. The average Bonchev–Trinajstić information content (AvgIpc) is 2.46. The summed E-state index contributed by atoms with van der Waals surface area (Å²) in [7, 11) is 0. The summed E-state index contributed by atoms with van der Waals surface area (Å²) >= 11 is 7.37. The second-order valence-corrected chi connectivity index (χ2v) is 5.61. The van der Waals surface area contributed by atoms with Crippen LogP contribution in [-0.2, 0) is 12.4 Å². The van der Waals surface area contributed by atoms with E-state index in [0.29, 0.717) is 10.6 Å². The van der Waals surface area contributed by atoms with Gasteiger partial charge in [-0.3, -0.25) is 10.1 Å². The van der Waals surface area contributed by atoms with Crippen molar-refractivity contribution >= 4 is 29.1 Å². The quantitative estimate of drug-likeness (QED) is 0.514. The number of aliphatic hydroxyl groups is 1. The van der Waals surface area contributed by atoms with E-state index in [1.54, 1.807) is 23.9 Å². The molecule has 1 N–H and O–H groups in total. The SMILES string of the molecule is O=[N+]([O-])c1ccc(SCc2ccc(Cl)cc2)cc1CO.